The van der Waals surface area contributed by atoms with Crippen LogP contribution in [0.3, 0.4) is 0 Å². The molecule has 4 rings (SSSR count). The second-order valence-corrected chi connectivity index (χ2v) is 7.89. The molecule has 0 radical (unpaired) electrons. The zero-order valence-corrected chi connectivity index (χ0v) is 17.0. The van der Waals surface area contributed by atoms with Crippen molar-refractivity contribution in [1.82, 2.24) is 4.98 Å². The Morgan fingerprint density at radius 2 is 2.07 bits per heavy atom. The molecule has 0 unspecified atom stereocenters. The number of hydrogen-bond donors (Lipinski definition) is 0. The van der Waals surface area contributed by atoms with Gasteiger partial charge in [0.2, 0.25) is 0 Å². The molecular weight excluding hydrogens is 392 g/mol. The van der Waals surface area contributed by atoms with Gasteiger partial charge in [-0.2, -0.15) is 0 Å². The van der Waals surface area contributed by atoms with Gasteiger partial charge in [-0.3, -0.25) is 9.69 Å². The quantitative estimate of drug-likeness (QED) is 0.395. The smallest absolute Gasteiger partial charge is 0.260 e. The Morgan fingerprint density at radius 3 is 2.82 bits per heavy atom. The monoisotopic (exact) mass is 410 g/mol. The van der Waals surface area contributed by atoms with Gasteiger partial charge in [-0.25, -0.2) is 4.98 Å². The van der Waals surface area contributed by atoms with E-state index >= 15 is 0 Å². The van der Waals surface area contributed by atoms with Crippen LogP contribution in [0.4, 0.5) is 5.13 Å². The highest BCUT2D eigenvalue weighted by Gasteiger charge is 2.23. The average Bonchev–Trinajstić information content (AvgIpc) is 3.40. The lowest BCUT2D eigenvalue weighted by Crippen LogP contribution is -2.30. The third kappa shape index (κ3) is 3.63. The highest BCUT2D eigenvalue weighted by atomic mass is 32.2. The van der Waals surface area contributed by atoms with Gasteiger partial charge < -0.3 is 9.15 Å². The Morgan fingerprint density at radius 1 is 1.21 bits per heavy atom. The fourth-order valence-electron chi connectivity index (χ4n) is 2.89. The van der Waals surface area contributed by atoms with Crippen molar-refractivity contribution in [3.63, 3.8) is 0 Å². The maximum absolute atomic E-state index is 13.4. The van der Waals surface area contributed by atoms with Gasteiger partial charge in [-0.05, 0) is 48.7 Å². The minimum absolute atomic E-state index is 0.120. The number of carbonyl (C=O) groups excluding carboxylic acids is 1. The first-order valence-corrected chi connectivity index (χ1v) is 10.7. The maximum Gasteiger partial charge on any atom is 0.260 e. The largest absolute Gasteiger partial charge is 0.494 e. The van der Waals surface area contributed by atoms with Gasteiger partial charge in [-0.1, -0.05) is 23.5 Å². The van der Waals surface area contributed by atoms with Crippen LogP contribution >= 0.6 is 23.1 Å². The zero-order chi connectivity index (χ0) is 19.5. The molecule has 0 aliphatic rings. The molecule has 0 atom stereocenters. The Kier molecular flexibility index (Phi) is 5.36. The molecule has 1 amide bonds. The fourth-order valence-corrected chi connectivity index (χ4v) is 4.33. The van der Waals surface area contributed by atoms with Crippen LogP contribution in [0.1, 0.15) is 16.1 Å². The van der Waals surface area contributed by atoms with E-state index in [1.807, 2.05) is 60.9 Å². The van der Waals surface area contributed by atoms with E-state index in [1.54, 1.807) is 30.0 Å². The van der Waals surface area contributed by atoms with Gasteiger partial charge in [0.05, 0.1) is 24.6 Å². The number of amides is 1. The summed E-state index contributed by atoms with van der Waals surface area (Å²) in [5, 5.41) is 0.607. The summed E-state index contributed by atoms with van der Waals surface area (Å²) in [6, 6.07) is 17.0. The van der Waals surface area contributed by atoms with E-state index in [1.165, 1.54) is 11.3 Å². The fraction of sp³-hybridized carbons (Fsp3) is 0.143. The van der Waals surface area contributed by atoms with Crippen molar-refractivity contribution in [1.29, 1.82) is 0 Å². The second kappa shape index (κ2) is 8.08. The first-order chi connectivity index (χ1) is 13.7. The number of anilines is 1. The molecule has 0 fully saturated rings. The molecule has 5 nitrogen and oxygen atoms in total. The van der Waals surface area contributed by atoms with Crippen molar-refractivity contribution in [3.05, 3.63) is 72.2 Å². The molecule has 4 aromatic rings. The van der Waals surface area contributed by atoms with E-state index in [-0.39, 0.29) is 5.91 Å². The van der Waals surface area contributed by atoms with Gasteiger partial charge in [-0.15, -0.1) is 11.8 Å². The second-order valence-electron chi connectivity index (χ2n) is 6.01. The van der Waals surface area contributed by atoms with Crippen molar-refractivity contribution < 1.29 is 13.9 Å². The average molecular weight is 411 g/mol. The summed E-state index contributed by atoms with van der Waals surface area (Å²) in [5.74, 6) is 1.26. The number of nitrogens with zero attached hydrogens (tertiary/aromatic N) is 2. The van der Waals surface area contributed by atoms with E-state index < -0.39 is 0 Å². The number of methoxy groups -OCH3 is 1. The Bertz CT molecular complexity index is 1110. The van der Waals surface area contributed by atoms with Gasteiger partial charge in [0.15, 0.2) is 5.13 Å². The SMILES string of the molecule is COc1cccc2sc(N(Cc3ccco3)C(=O)c3cccc(SC)c3)nc12. The van der Waals surface area contributed by atoms with Gasteiger partial charge in [0.25, 0.3) is 5.91 Å². The lowest BCUT2D eigenvalue weighted by atomic mass is 10.2. The molecule has 0 aliphatic carbocycles. The summed E-state index contributed by atoms with van der Waals surface area (Å²) in [7, 11) is 1.62. The van der Waals surface area contributed by atoms with E-state index in [0.29, 0.717) is 28.7 Å². The van der Waals surface area contributed by atoms with E-state index in [9.17, 15) is 4.79 Å². The third-order valence-corrected chi connectivity index (χ3v) is 6.05. The van der Waals surface area contributed by atoms with E-state index in [4.69, 9.17) is 14.1 Å². The van der Waals surface area contributed by atoms with Gasteiger partial charge >= 0.3 is 0 Å². The molecule has 2 heterocycles. The van der Waals surface area contributed by atoms with Crippen LogP contribution in [0.15, 0.2) is 70.2 Å². The summed E-state index contributed by atoms with van der Waals surface area (Å²) in [5.41, 5.74) is 1.37. The molecule has 0 aliphatic heterocycles. The normalized spacial score (nSPS) is 10.9. The molecule has 0 N–H and O–H groups in total. The van der Waals surface area contributed by atoms with Crippen LogP contribution in [0.5, 0.6) is 5.75 Å². The molecular formula is C21H18N2O3S2. The molecule has 0 saturated heterocycles. The van der Waals surface area contributed by atoms with Crippen molar-refractivity contribution >= 4 is 44.4 Å². The number of para-hydroxylation sites is 1. The summed E-state index contributed by atoms with van der Waals surface area (Å²) in [4.78, 5) is 20.8. The number of benzene rings is 2. The number of hydrogen-bond acceptors (Lipinski definition) is 6. The molecule has 0 spiro atoms. The van der Waals surface area contributed by atoms with Crippen LogP contribution < -0.4 is 9.64 Å². The number of fused-ring (bicyclic) bond motifs is 1. The van der Waals surface area contributed by atoms with Crippen molar-refractivity contribution in [2.75, 3.05) is 18.3 Å². The molecule has 2 aromatic carbocycles. The molecule has 0 bridgehead atoms. The standard InChI is InChI=1S/C21H18N2O3S2/c1-25-17-9-4-10-18-19(17)22-21(28-18)23(13-15-7-5-11-26-15)20(24)14-6-3-8-16(12-14)27-2/h3-12H,13H2,1-2H3. The predicted octanol–water partition coefficient (Wildman–Crippen LogP) is 5.47. The summed E-state index contributed by atoms with van der Waals surface area (Å²) >= 11 is 3.06. The molecule has 2 aromatic heterocycles. The van der Waals surface area contributed by atoms with E-state index in [2.05, 4.69) is 0 Å². The van der Waals surface area contributed by atoms with E-state index in [0.717, 1.165) is 15.1 Å². The third-order valence-electron chi connectivity index (χ3n) is 4.28. The summed E-state index contributed by atoms with van der Waals surface area (Å²) in [6.07, 6.45) is 3.59. The molecule has 7 heteroatoms. The lowest BCUT2D eigenvalue weighted by molar-refractivity contribution is 0.0983. The lowest BCUT2D eigenvalue weighted by Gasteiger charge is -2.19. The number of thioether (sulfide) groups is 1. The van der Waals surface area contributed by atoms with Gasteiger partial charge in [0.1, 0.15) is 17.0 Å². The Balaban J connectivity index is 1.78. The van der Waals surface area contributed by atoms with Crippen LogP contribution in [-0.2, 0) is 6.54 Å². The number of furan rings is 1. The van der Waals surface area contributed by atoms with Crippen LogP contribution in [-0.4, -0.2) is 24.3 Å². The Labute approximate surface area is 170 Å². The molecule has 0 saturated carbocycles. The van der Waals surface area contributed by atoms with Crippen molar-refractivity contribution in [2.24, 2.45) is 0 Å². The Hall–Kier alpha value is -2.77. The van der Waals surface area contributed by atoms with Crippen LogP contribution in [0.2, 0.25) is 0 Å². The number of carbonyl (C=O) groups is 1. The summed E-state index contributed by atoms with van der Waals surface area (Å²) < 4.78 is 11.9. The predicted molar refractivity (Wildman–Crippen MR) is 114 cm³/mol. The zero-order valence-electron chi connectivity index (χ0n) is 15.4. The molecule has 142 valence electrons. The van der Waals surface area contributed by atoms with Crippen molar-refractivity contribution in [2.45, 2.75) is 11.4 Å². The maximum atomic E-state index is 13.4. The number of thiazole rings is 1. The summed E-state index contributed by atoms with van der Waals surface area (Å²) in [6.45, 7) is 0.303. The number of ether oxygens (including phenoxy) is 1. The first kappa shape index (κ1) is 18.6. The van der Waals surface area contributed by atoms with Gasteiger partial charge in [0, 0.05) is 10.5 Å². The topological polar surface area (TPSA) is 55.6 Å². The van der Waals surface area contributed by atoms with Crippen LogP contribution in [0.25, 0.3) is 10.2 Å². The highest BCUT2D eigenvalue weighted by Crippen LogP contribution is 2.35. The van der Waals surface area contributed by atoms with Crippen LogP contribution in [0, 0.1) is 0 Å². The molecule has 28 heavy (non-hydrogen) atoms. The minimum atomic E-state index is -0.120. The highest BCUT2D eigenvalue weighted by molar-refractivity contribution is 7.98. The number of aromatic nitrogens is 1. The van der Waals surface area contributed by atoms with Crippen molar-refractivity contribution in [3.8, 4) is 5.75 Å². The number of rotatable bonds is 6. The minimum Gasteiger partial charge on any atom is -0.494 e. The first-order valence-electron chi connectivity index (χ1n) is 8.61.